The van der Waals surface area contributed by atoms with Gasteiger partial charge in [-0.2, -0.15) is 5.10 Å². The number of aromatic nitrogens is 2. The molecule has 6 rings (SSSR count). The number of nitrogens with one attached hydrogen (secondary N) is 3. The van der Waals surface area contributed by atoms with Crippen molar-refractivity contribution in [2.45, 2.75) is 102 Å². The molecule has 3 aliphatic heterocycles. The second-order valence-electron chi connectivity index (χ2n) is 15.0. The summed E-state index contributed by atoms with van der Waals surface area (Å²) in [5, 5.41) is 12.0. The van der Waals surface area contributed by atoms with Crippen LogP contribution in [0.4, 0.5) is 25.0 Å². The number of carbonyl (C=O) groups is 5. The molecule has 0 bridgehead atoms. The van der Waals surface area contributed by atoms with E-state index in [9.17, 15) is 32.8 Å². The maximum absolute atomic E-state index is 13.7. The lowest BCUT2D eigenvalue weighted by Gasteiger charge is -2.36. The zero-order valence-corrected chi connectivity index (χ0v) is 29.8. The van der Waals surface area contributed by atoms with Gasteiger partial charge in [0.1, 0.15) is 11.6 Å². The maximum Gasteiger partial charge on any atom is 0.412 e. The Bertz CT molecular complexity index is 1680. The molecular formula is C36H47F2N7O7. The molecule has 1 aliphatic carbocycles. The van der Waals surface area contributed by atoms with Gasteiger partial charge in [-0.1, -0.05) is 6.07 Å². The van der Waals surface area contributed by atoms with Crippen LogP contribution in [0.15, 0.2) is 24.4 Å². The lowest BCUT2D eigenvalue weighted by Crippen LogP contribution is -2.54. The average Bonchev–Trinajstić information content (AvgIpc) is 3.62. The van der Waals surface area contributed by atoms with Gasteiger partial charge in [0.15, 0.2) is 5.69 Å². The molecule has 16 heteroatoms. The number of hydrogen-bond donors (Lipinski definition) is 3. The Hall–Kier alpha value is -4.44. The molecule has 3 N–H and O–H groups in total. The molecule has 2 saturated heterocycles. The summed E-state index contributed by atoms with van der Waals surface area (Å²) in [6.07, 6.45) is 3.44. The first-order valence-corrected chi connectivity index (χ1v) is 18.1. The van der Waals surface area contributed by atoms with Gasteiger partial charge in [-0.05, 0) is 83.8 Å². The molecule has 0 spiro atoms. The normalized spacial score (nSPS) is 23.2. The minimum atomic E-state index is -2.83. The van der Waals surface area contributed by atoms with Crippen molar-refractivity contribution in [3.8, 4) is 0 Å². The number of anilines is 2. The minimum Gasteiger partial charge on any atom is -0.444 e. The van der Waals surface area contributed by atoms with Crippen molar-refractivity contribution >= 4 is 41.1 Å². The number of halogens is 2. The molecule has 0 radical (unpaired) electrons. The van der Waals surface area contributed by atoms with Crippen LogP contribution >= 0.6 is 0 Å². The standard InChI is InChI=1S/C36H47F2N7O7/c1-36(2,3)52-35(50)40-26-20-44(42-30(26)31(37)38)22-9-7-21(8-10-22)19-43-16-13-23(14-17-43)51-18-15-39-25-6-4-5-24-29(25)34(49)45(33(24)48)27-11-12-28(46)41-32(27)47/h4-6,20-23,27,31,39H,7-19H2,1-3H3,(H,40,50)(H,41,46,47). The number of ether oxygens (including phenoxy) is 2. The second-order valence-corrected chi connectivity index (χ2v) is 15.0. The number of carbonyl (C=O) groups excluding carboxylic acids is 5. The fourth-order valence-electron chi connectivity index (χ4n) is 7.55. The molecule has 1 atom stereocenters. The molecule has 1 unspecified atom stereocenters. The van der Waals surface area contributed by atoms with Crippen LogP contribution in [-0.2, 0) is 19.1 Å². The monoisotopic (exact) mass is 727 g/mol. The average molecular weight is 728 g/mol. The number of likely N-dealkylation sites (tertiary alicyclic amines) is 1. The first kappa shape index (κ1) is 37.3. The van der Waals surface area contributed by atoms with E-state index in [1.165, 1.54) is 6.20 Å². The predicted octanol–water partition coefficient (Wildman–Crippen LogP) is 4.89. The fraction of sp³-hybridized carbons (Fsp3) is 0.611. The van der Waals surface area contributed by atoms with Crippen molar-refractivity contribution < 1.29 is 42.2 Å². The number of rotatable bonds is 11. The number of alkyl halides is 2. The number of imide groups is 2. The van der Waals surface area contributed by atoms with Crippen LogP contribution in [0.5, 0.6) is 0 Å². The molecule has 282 valence electrons. The summed E-state index contributed by atoms with van der Waals surface area (Å²) in [5.41, 5.74) is -0.289. The van der Waals surface area contributed by atoms with E-state index in [1.54, 1.807) is 43.7 Å². The van der Waals surface area contributed by atoms with Crippen LogP contribution in [-0.4, -0.2) is 99.8 Å². The molecule has 4 aliphatic rings. The second kappa shape index (κ2) is 15.7. The fourth-order valence-corrected chi connectivity index (χ4v) is 7.55. The van der Waals surface area contributed by atoms with Gasteiger partial charge in [-0.25, -0.2) is 13.6 Å². The van der Waals surface area contributed by atoms with Gasteiger partial charge in [0.2, 0.25) is 11.8 Å². The predicted molar refractivity (Wildman–Crippen MR) is 185 cm³/mol. The first-order chi connectivity index (χ1) is 24.8. The van der Waals surface area contributed by atoms with Gasteiger partial charge in [-0.3, -0.25) is 39.4 Å². The largest absolute Gasteiger partial charge is 0.444 e. The van der Waals surface area contributed by atoms with Crippen molar-refractivity contribution in [3.05, 3.63) is 41.2 Å². The summed E-state index contributed by atoms with van der Waals surface area (Å²) < 4.78 is 40.4. The molecule has 1 aromatic carbocycles. The lowest BCUT2D eigenvalue weighted by atomic mass is 9.85. The van der Waals surface area contributed by atoms with Gasteiger partial charge in [-0.15, -0.1) is 0 Å². The molecule has 1 aromatic heterocycles. The summed E-state index contributed by atoms with van der Waals surface area (Å²) in [7, 11) is 0. The topological polar surface area (TPSA) is 164 Å². The highest BCUT2D eigenvalue weighted by atomic mass is 19.3. The highest BCUT2D eigenvalue weighted by molar-refractivity contribution is 6.25. The highest BCUT2D eigenvalue weighted by Gasteiger charge is 2.45. The number of piperidine rings is 2. The Kier molecular flexibility index (Phi) is 11.2. The minimum absolute atomic E-state index is 0.0180. The van der Waals surface area contributed by atoms with Crippen LogP contribution in [0.3, 0.4) is 0 Å². The third-order valence-electron chi connectivity index (χ3n) is 10.1. The molecule has 3 fully saturated rings. The Morgan fingerprint density at radius 2 is 1.73 bits per heavy atom. The summed E-state index contributed by atoms with van der Waals surface area (Å²) >= 11 is 0. The molecule has 14 nitrogen and oxygen atoms in total. The molecule has 4 heterocycles. The van der Waals surface area contributed by atoms with E-state index in [1.807, 2.05) is 0 Å². The Labute approximate surface area is 300 Å². The lowest BCUT2D eigenvalue weighted by molar-refractivity contribution is -0.136. The van der Waals surface area contributed by atoms with Crippen LogP contribution in [0.2, 0.25) is 0 Å². The number of nitrogens with zero attached hydrogens (tertiary/aromatic N) is 4. The van der Waals surface area contributed by atoms with E-state index in [0.717, 1.165) is 63.1 Å². The third kappa shape index (κ3) is 8.60. The van der Waals surface area contributed by atoms with Gasteiger partial charge < -0.3 is 19.7 Å². The highest BCUT2D eigenvalue weighted by Crippen LogP contribution is 2.36. The third-order valence-corrected chi connectivity index (χ3v) is 10.1. The van der Waals surface area contributed by atoms with Gasteiger partial charge in [0, 0.05) is 44.5 Å². The van der Waals surface area contributed by atoms with E-state index < -0.39 is 53.5 Å². The smallest absolute Gasteiger partial charge is 0.412 e. The van der Waals surface area contributed by atoms with E-state index >= 15 is 0 Å². The first-order valence-electron chi connectivity index (χ1n) is 18.1. The maximum atomic E-state index is 13.7. The molecule has 5 amide bonds. The molecule has 2 aromatic rings. The Morgan fingerprint density at radius 3 is 2.40 bits per heavy atom. The van der Waals surface area contributed by atoms with Crippen LogP contribution in [0.1, 0.15) is 111 Å². The quantitative estimate of drug-likeness (QED) is 0.215. The van der Waals surface area contributed by atoms with E-state index in [2.05, 4.69) is 25.9 Å². The van der Waals surface area contributed by atoms with Gasteiger partial charge >= 0.3 is 6.09 Å². The SMILES string of the molecule is CC(C)(C)OC(=O)Nc1cn(C2CCC(CN3CCC(OCCNc4cccc5c4C(=O)N(C4CCC(=O)NC4=O)C5=O)CC3)CC2)nc1C(F)F. The van der Waals surface area contributed by atoms with Crippen LogP contribution in [0, 0.1) is 5.92 Å². The van der Waals surface area contributed by atoms with E-state index in [0.29, 0.717) is 24.8 Å². The van der Waals surface area contributed by atoms with E-state index in [4.69, 9.17) is 9.47 Å². The number of amides is 5. The van der Waals surface area contributed by atoms with Crippen molar-refractivity contribution in [2.75, 3.05) is 43.4 Å². The summed E-state index contributed by atoms with van der Waals surface area (Å²) in [6.45, 7) is 8.73. The van der Waals surface area contributed by atoms with Crippen molar-refractivity contribution in [2.24, 2.45) is 5.92 Å². The Morgan fingerprint density at radius 1 is 1.00 bits per heavy atom. The zero-order chi connectivity index (χ0) is 37.2. The van der Waals surface area contributed by atoms with Crippen LogP contribution < -0.4 is 16.0 Å². The molecule has 1 saturated carbocycles. The van der Waals surface area contributed by atoms with Crippen LogP contribution in [0.25, 0.3) is 0 Å². The van der Waals surface area contributed by atoms with Crippen molar-refractivity contribution in [1.82, 2.24) is 24.9 Å². The molecule has 52 heavy (non-hydrogen) atoms. The Balaban J connectivity index is 0.911. The van der Waals surface area contributed by atoms with Crippen molar-refractivity contribution in [3.63, 3.8) is 0 Å². The summed E-state index contributed by atoms with van der Waals surface area (Å²) in [4.78, 5) is 66.0. The zero-order valence-electron chi connectivity index (χ0n) is 29.8. The van der Waals surface area contributed by atoms with Gasteiger partial charge in [0.05, 0.1) is 35.6 Å². The van der Waals surface area contributed by atoms with Gasteiger partial charge in [0.25, 0.3) is 18.2 Å². The molecular weight excluding hydrogens is 680 g/mol. The van der Waals surface area contributed by atoms with E-state index in [-0.39, 0.29) is 41.8 Å². The number of hydrogen-bond acceptors (Lipinski definition) is 10. The summed E-state index contributed by atoms with van der Waals surface area (Å²) in [5.74, 6) is -1.66. The van der Waals surface area contributed by atoms with Crippen molar-refractivity contribution in [1.29, 1.82) is 0 Å². The number of benzene rings is 1. The number of fused-ring (bicyclic) bond motifs is 1. The summed E-state index contributed by atoms with van der Waals surface area (Å²) in [6, 6.07) is 3.94.